The highest BCUT2D eigenvalue weighted by molar-refractivity contribution is 6.33. The van der Waals surface area contributed by atoms with Crippen molar-refractivity contribution in [2.45, 2.75) is 38.5 Å². The van der Waals surface area contributed by atoms with Crippen LogP contribution in [0, 0.1) is 0 Å². The number of hydrogen-bond donors (Lipinski definition) is 1. The quantitative estimate of drug-likeness (QED) is 0.156. The lowest BCUT2D eigenvalue weighted by Gasteiger charge is -2.29. The molecule has 0 fully saturated rings. The van der Waals surface area contributed by atoms with Gasteiger partial charge in [-0.25, -0.2) is 0 Å². The Morgan fingerprint density at radius 2 is 0.695 bits per heavy atom. The molecule has 5 heteroatoms. The van der Waals surface area contributed by atoms with Crippen LogP contribution < -0.4 is 10.2 Å². The van der Waals surface area contributed by atoms with Crippen LogP contribution in [0.25, 0.3) is 99.5 Å². The lowest BCUT2D eigenvalue weighted by Crippen LogP contribution is -2.16. The van der Waals surface area contributed by atoms with Gasteiger partial charge < -0.3 is 19.4 Å². The molecule has 0 aliphatic heterocycles. The maximum absolute atomic E-state index is 6.55. The number of benzene rings is 14. The molecule has 0 radical (unpaired) electrons. The first-order chi connectivity index (χ1) is 46.6. The summed E-state index contributed by atoms with van der Waals surface area (Å²) in [6.07, 6.45) is 0. The van der Waals surface area contributed by atoms with Crippen LogP contribution in [0.2, 0.25) is 5.02 Å². The van der Waals surface area contributed by atoms with E-state index in [2.05, 4.69) is 369 Å². The molecule has 4 nitrogen and oxygen atoms in total. The molecule has 14 aromatic carbocycles. The predicted molar refractivity (Wildman–Crippen MR) is 403 cm³/mol. The summed E-state index contributed by atoms with van der Waals surface area (Å²) in [5.74, 6) is 0. The zero-order chi connectivity index (χ0) is 64.2. The van der Waals surface area contributed by atoms with E-state index in [0.717, 1.165) is 50.4 Å². The number of nitrogens with zero attached hydrogens (tertiary/aromatic N) is 3. The van der Waals surface area contributed by atoms with Crippen LogP contribution in [0.1, 0.15) is 49.9 Å². The minimum Gasteiger partial charge on any atom is -0.356 e. The number of hydrogen-bond acceptors (Lipinski definition) is 2. The minimum atomic E-state index is -0.0941. The highest BCUT2D eigenvalue weighted by atomic mass is 35.5. The summed E-state index contributed by atoms with van der Waals surface area (Å²) >= 11 is 6.55. The topological polar surface area (TPSA) is 25.1 Å². The van der Waals surface area contributed by atoms with Gasteiger partial charge >= 0.3 is 0 Å². The molecule has 16 aromatic rings. The number of rotatable bonds is 9. The zero-order valence-corrected chi connectivity index (χ0v) is 54.3. The summed E-state index contributed by atoms with van der Waals surface area (Å²) in [6, 6.07) is 121. The third-order valence-electron chi connectivity index (χ3n) is 19.4. The summed E-state index contributed by atoms with van der Waals surface area (Å²) in [7, 11) is 0. The van der Waals surface area contributed by atoms with Gasteiger partial charge in [0.05, 0.1) is 22.1 Å². The van der Waals surface area contributed by atoms with Gasteiger partial charge in [-0.3, -0.25) is 0 Å². The minimum absolute atomic E-state index is 0.0559. The third kappa shape index (κ3) is 10.4. The van der Waals surface area contributed by atoms with Gasteiger partial charge in [0, 0.05) is 77.2 Å². The Bertz CT molecular complexity index is 5500. The first-order valence-corrected chi connectivity index (χ1v) is 33.1. The van der Waals surface area contributed by atoms with Crippen molar-refractivity contribution >= 4 is 83.6 Å². The highest BCUT2D eigenvalue weighted by Gasteiger charge is 2.37. The van der Waals surface area contributed by atoms with Crippen LogP contribution in [0.4, 0.5) is 28.4 Å². The van der Waals surface area contributed by atoms with E-state index in [-0.39, 0.29) is 10.8 Å². The van der Waals surface area contributed by atoms with Gasteiger partial charge in [-0.2, -0.15) is 0 Å². The van der Waals surface area contributed by atoms with Crippen LogP contribution >= 0.6 is 11.6 Å². The van der Waals surface area contributed by atoms with Gasteiger partial charge in [0.1, 0.15) is 0 Å². The van der Waals surface area contributed by atoms with Crippen molar-refractivity contribution in [1.82, 2.24) is 9.13 Å². The van der Waals surface area contributed by atoms with Crippen LogP contribution in [0.3, 0.4) is 0 Å². The number of halogens is 1. The van der Waals surface area contributed by atoms with Gasteiger partial charge in [0.2, 0.25) is 0 Å². The van der Waals surface area contributed by atoms with Crippen molar-refractivity contribution in [3.8, 4) is 55.9 Å². The van der Waals surface area contributed by atoms with E-state index < -0.39 is 0 Å². The van der Waals surface area contributed by atoms with E-state index in [1.807, 2.05) is 18.2 Å². The molecule has 0 unspecified atom stereocenters. The second-order valence-corrected chi connectivity index (χ2v) is 26.3. The Morgan fingerprint density at radius 3 is 1.23 bits per heavy atom. The van der Waals surface area contributed by atoms with Crippen LogP contribution in [-0.4, -0.2) is 9.13 Å². The van der Waals surface area contributed by atoms with E-state index in [4.69, 9.17) is 11.6 Å². The Hall–Kier alpha value is -11.4. The molecule has 1 N–H and O–H groups in total. The molecule has 0 spiro atoms. The smallest absolute Gasteiger partial charge is 0.0568 e. The van der Waals surface area contributed by atoms with E-state index in [1.54, 1.807) is 0 Å². The summed E-state index contributed by atoms with van der Waals surface area (Å²) in [6.45, 7) is 9.33. The van der Waals surface area contributed by atoms with Crippen molar-refractivity contribution in [3.63, 3.8) is 0 Å². The van der Waals surface area contributed by atoms with Crippen LogP contribution in [0.15, 0.2) is 340 Å². The van der Waals surface area contributed by atoms with E-state index >= 15 is 0 Å². The molecule has 2 aliphatic rings. The zero-order valence-electron chi connectivity index (χ0n) is 53.6. The maximum Gasteiger partial charge on any atom is 0.0568 e. The van der Waals surface area contributed by atoms with Gasteiger partial charge in [0.15, 0.2) is 0 Å². The largest absolute Gasteiger partial charge is 0.356 e. The lowest BCUT2D eigenvalue weighted by molar-refractivity contribution is 0.660. The van der Waals surface area contributed by atoms with E-state index in [1.165, 1.54) is 105 Å². The fraction of sp³-hybridized carbons (Fsp3) is 0.0667. The van der Waals surface area contributed by atoms with Crippen LogP contribution in [0.5, 0.6) is 0 Å². The fourth-order valence-corrected chi connectivity index (χ4v) is 15.2. The van der Waals surface area contributed by atoms with E-state index in [0.29, 0.717) is 0 Å². The van der Waals surface area contributed by atoms with Crippen molar-refractivity contribution in [3.05, 3.63) is 367 Å². The molecule has 95 heavy (non-hydrogen) atoms. The van der Waals surface area contributed by atoms with E-state index in [9.17, 15) is 0 Å². The average Bonchev–Trinajstić information content (AvgIpc) is 1.63. The molecule has 456 valence electrons. The molecular weight excluding hydrogens is 1170 g/mol. The summed E-state index contributed by atoms with van der Waals surface area (Å²) in [4.78, 5) is 2.43. The molecule has 2 aliphatic carbocycles. The van der Waals surface area contributed by atoms with Crippen molar-refractivity contribution in [1.29, 1.82) is 0 Å². The number of fused-ring (bicyclic) bond motifs is 12. The van der Waals surface area contributed by atoms with Crippen molar-refractivity contribution in [2.24, 2.45) is 0 Å². The first kappa shape index (κ1) is 58.6. The third-order valence-corrected chi connectivity index (χ3v) is 19.7. The second-order valence-electron chi connectivity index (χ2n) is 25.8. The maximum atomic E-state index is 6.55. The van der Waals surface area contributed by atoms with Gasteiger partial charge in [0.25, 0.3) is 0 Å². The molecule has 2 heterocycles. The molecule has 0 bridgehead atoms. The normalized spacial score (nSPS) is 12.9. The summed E-state index contributed by atoms with van der Waals surface area (Å²) in [5, 5.41) is 9.23. The fourth-order valence-electron chi connectivity index (χ4n) is 15.0. The molecule has 2 aromatic heterocycles. The molecular formula is C90H69ClN4. The average molecular weight is 1240 g/mol. The van der Waals surface area contributed by atoms with Crippen LogP contribution in [-0.2, 0) is 10.8 Å². The van der Waals surface area contributed by atoms with Gasteiger partial charge in [-0.05, 0) is 176 Å². The Kier molecular flexibility index (Phi) is 15.0. The molecule has 0 amide bonds. The molecule has 0 saturated heterocycles. The second kappa shape index (κ2) is 24.2. The number of anilines is 5. The SMILES string of the molecule is CC1(C)c2ccccc2-c2ccc(N(c3ccccc3)c3cc(-c4ccccc4)c4c5ccccc5n(-c5ccccc5)c4c3)cc21.CC1(C)c2ccccc2-c2ccc(Nc3ccccc3)cc21.Clc1cc(-c2ccccc2)c2c3ccccc3n(-c3ccccc3)c2c1. The molecule has 0 atom stereocenters. The monoisotopic (exact) mass is 1240 g/mol. The molecule has 18 rings (SSSR count). The van der Waals surface area contributed by atoms with Gasteiger partial charge in [-0.15, -0.1) is 0 Å². The standard InChI is InChI=1S/C45H34N2.C24H16ClN.C21H19N/c1-45(2)40-24-14-12-22-36(40)37-27-26-34(29-41(37)45)46(32-18-8-4-9-19-32)35-28-39(31-16-6-3-7-17-31)44-38-23-13-15-25-42(38)47(43(44)30-35)33-20-10-5-11-21-33;25-18-15-21(17-9-3-1-4-10-17)24-20-13-7-8-14-22(20)26(23(24)16-18)19-11-5-2-6-12-19;1-21(2)19-11-7-6-10-17(19)18-13-12-16(14-20(18)21)22-15-8-4-3-5-9-15/h3-30H,1-2H3;1-16H;3-14,22H,1-2H3. The first-order valence-electron chi connectivity index (χ1n) is 32.8. The number of para-hydroxylation sites is 6. The number of nitrogens with one attached hydrogen (secondary N) is 1. The molecule has 0 saturated carbocycles. The Morgan fingerprint density at radius 1 is 0.284 bits per heavy atom. The summed E-state index contributed by atoms with van der Waals surface area (Å²) < 4.78 is 4.72. The van der Waals surface area contributed by atoms with Crippen molar-refractivity contribution < 1.29 is 0 Å². The Balaban J connectivity index is 0.000000124. The summed E-state index contributed by atoms with van der Waals surface area (Å²) in [5.41, 5.74) is 28.3. The Labute approximate surface area is 560 Å². The lowest BCUT2D eigenvalue weighted by atomic mass is 9.82. The highest BCUT2D eigenvalue weighted by Crippen LogP contribution is 2.53. The number of aromatic nitrogens is 2. The van der Waals surface area contributed by atoms with Gasteiger partial charge in [-0.1, -0.05) is 270 Å². The van der Waals surface area contributed by atoms with Crippen molar-refractivity contribution in [2.75, 3.05) is 10.2 Å². The predicted octanol–water partition coefficient (Wildman–Crippen LogP) is 25.1.